The number of amides is 2. The number of aryl methyl sites for hydroxylation is 1. The Labute approximate surface area is 148 Å². The molecule has 1 fully saturated rings. The maximum atomic E-state index is 12.9. The predicted molar refractivity (Wildman–Crippen MR) is 99.4 cm³/mol. The highest BCUT2D eigenvalue weighted by molar-refractivity contribution is 5.98. The van der Waals surface area contributed by atoms with Crippen molar-refractivity contribution in [3.8, 4) is 0 Å². The Balaban J connectivity index is 1.65. The van der Waals surface area contributed by atoms with Crippen molar-refractivity contribution in [1.29, 1.82) is 0 Å². The summed E-state index contributed by atoms with van der Waals surface area (Å²) >= 11 is 0. The van der Waals surface area contributed by atoms with Crippen LogP contribution in [0.2, 0.25) is 0 Å². The lowest BCUT2D eigenvalue weighted by molar-refractivity contribution is -0.135. The molecule has 0 aromatic heterocycles. The first-order valence-corrected chi connectivity index (χ1v) is 8.75. The molecule has 3 rings (SSSR count). The Morgan fingerprint density at radius 2 is 1.68 bits per heavy atom. The number of rotatable bonds is 6. The van der Waals surface area contributed by atoms with Crippen LogP contribution in [-0.4, -0.2) is 30.3 Å². The van der Waals surface area contributed by atoms with Crippen LogP contribution < -0.4 is 5.32 Å². The molecule has 0 atom stereocenters. The summed E-state index contributed by atoms with van der Waals surface area (Å²) in [6, 6.07) is 17.6. The molecule has 1 aliphatic carbocycles. The van der Waals surface area contributed by atoms with Crippen LogP contribution in [-0.2, 0) is 21.4 Å². The number of hydrogen-bond donors (Lipinski definition) is 1. The maximum absolute atomic E-state index is 12.9. The minimum absolute atomic E-state index is 0.0256. The van der Waals surface area contributed by atoms with Crippen molar-refractivity contribution in [2.24, 2.45) is 0 Å². The van der Waals surface area contributed by atoms with Gasteiger partial charge in [0, 0.05) is 12.7 Å². The first-order valence-electron chi connectivity index (χ1n) is 8.75. The van der Waals surface area contributed by atoms with Gasteiger partial charge >= 0.3 is 0 Å². The third-order valence-corrected chi connectivity index (χ3v) is 4.89. The molecule has 1 saturated carbocycles. The summed E-state index contributed by atoms with van der Waals surface area (Å²) in [4.78, 5) is 26.8. The number of carbonyl (C=O) groups excluding carboxylic acids is 2. The molecule has 0 aliphatic heterocycles. The molecule has 2 aromatic carbocycles. The van der Waals surface area contributed by atoms with Crippen molar-refractivity contribution < 1.29 is 9.59 Å². The van der Waals surface area contributed by atoms with Crippen LogP contribution in [0.3, 0.4) is 0 Å². The van der Waals surface area contributed by atoms with E-state index in [0.29, 0.717) is 0 Å². The van der Waals surface area contributed by atoms with E-state index in [1.165, 1.54) is 0 Å². The van der Waals surface area contributed by atoms with Gasteiger partial charge in [0.25, 0.3) is 0 Å². The van der Waals surface area contributed by atoms with E-state index in [9.17, 15) is 9.59 Å². The Hall–Kier alpha value is -2.62. The summed E-state index contributed by atoms with van der Waals surface area (Å²) < 4.78 is 0. The van der Waals surface area contributed by atoms with Gasteiger partial charge in [-0.25, -0.2) is 0 Å². The minimum Gasteiger partial charge on any atom is -0.336 e. The number of hydrogen-bond acceptors (Lipinski definition) is 2. The molecule has 25 heavy (non-hydrogen) atoms. The van der Waals surface area contributed by atoms with Crippen molar-refractivity contribution >= 4 is 17.5 Å². The number of nitrogens with one attached hydrogen (secondary N) is 1. The minimum atomic E-state index is -0.433. The molecule has 0 saturated heterocycles. The van der Waals surface area contributed by atoms with Gasteiger partial charge in [-0.05, 0) is 36.5 Å². The van der Waals surface area contributed by atoms with Gasteiger partial charge in [0.05, 0.1) is 12.0 Å². The molecule has 0 spiro atoms. The van der Waals surface area contributed by atoms with Crippen LogP contribution in [0.5, 0.6) is 0 Å². The quantitative estimate of drug-likeness (QED) is 0.879. The van der Waals surface area contributed by atoms with E-state index in [4.69, 9.17) is 0 Å². The van der Waals surface area contributed by atoms with E-state index >= 15 is 0 Å². The average Bonchev–Trinajstić information content (AvgIpc) is 3.44. The van der Waals surface area contributed by atoms with E-state index in [-0.39, 0.29) is 18.4 Å². The molecule has 130 valence electrons. The van der Waals surface area contributed by atoms with Crippen molar-refractivity contribution in [2.75, 3.05) is 18.9 Å². The molecule has 4 nitrogen and oxygen atoms in total. The fourth-order valence-electron chi connectivity index (χ4n) is 3.30. The highest BCUT2D eigenvalue weighted by atomic mass is 16.2. The van der Waals surface area contributed by atoms with Gasteiger partial charge in [-0.3, -0.25) is 9.59 Å². The van der Waals surface area contributed by atoms with E-state index in [1.807, 2.05) is 54.6 Å². The lowest BCUT2D eigenvalue weighted by atomic mass is 9.94. The average molecular weight is 336 g/mol. The first-order chi connectivity index (χ1) is 12.1. The normalized spacial score (nSPS) is 14.6. The Morgan fingerprint density at radius 3 is 2.32 bits per heavy atom. The second-order valence-electron chi connectivity index (χ2n) is 6.67. The number of nitrogens with zero attached hydrogens (tertiary/aromatic N) is 1. The number of likely N-dealkylation sites (N-methyl/N-ethyl adjacent to an activating group) is 1. The summed E-state index contributed by atoms with van der Waals surface area (Å²) in [7, 11) is 1.71. The van der Waals surface area contributed by atoms with Gasteiger partial charge in [0.2, 0.25) is 11.8 Å². The number of benzene rings is 2. The zero-order chi connectivity index (χ0) is 17.9. The van der Waals surface area contributed by atoms with Crippen LogP contribution in [0.25, 0.3) is 0 Å². The Kier molecular flexibility index (Phi) is 4.88. The maximum Gasteiger partial charge on any atom is 0.243 e. The summed E-state index contributed by atoms with van der Waals surface area (Å²) in [6.45, 7) is 2.11. The second-order valence-corrected chi connectivity index (χ2v) is 6.67. The number of carbonyl (C=O) groups is 2. The Bertz CT molecular complexity index is 766. The van der Waals surface area contributed by atoms with E-state index in [2.05, 4.69) is 12.2 Å². The van der Waals surface area contributed by atoms with Crippen LogP contribution in [0.15, 0.2) is 54.6 Å². The zero-order valence-electron chi connectivity index (χ0n) is 14.8. The molecule has 0 heterocycles. The summed E-state index contributed by atoms with van der Waals surface area (Å²) in [5.41, 5.74) is 2.52. The topological polar surface area (TPSA) is 49.4 Å². The van der Waals surface area contributed by atoms with Crippen molar-refractivity contribution in [2.45, 2.75) is 31.6 Å². The van der Waals surface area contributed by atoms with E-state index in [1.54, 1.807) is 11.9 Å². The molecular weight excluding hydrogens is 312 g/mol. The van der Waals surface area contributed by atoms with Crippen molar-refractivity contribution in [3.05, 3.63) is 65.7 Å². The molecule has 2 amide bonds. The number of anilines is 1. The largest absolute Gasteiger partial charge is 0.336 e. The van der Waals surface area contributed by atoms with Gasteiger partial charge in [-0.2, -0.15) is 0 Å². The van der Waals surface area contributed by atoms with Gasteiger partial charge in [0.1, 0.15) is 0 Å². The van der Waals surface area contributed by atoms with Crippen LogP contribution in [0, 0.1) is 0 Å². The SMILES string of the molecule is CCc1ccccc1NC(=O)CN(C)C(=O)C1(c2ccccc2)CC1. The van der Waals surface area contributed by atoms with Crippen LogP contribution in [0.4, 0.5) is 5.69 Å². The number of para-hydroxylation sites is 1. The first kappa shape index (κ1) is 17.2. The third kappa shape index (κ3) is 3.58. The second kappa shape index (κ2) is 7.09. The van der Waals surface area contributed by atoms with Crippen molar-refractivity contribution in [1.82, 2.24) is 4.90 Å². The van der Waals surface area contributed by atoms with Gasteiger partial charge < -0.3 is 10.2 Å². The van der Waals surface area contributed by atoms with Crippen LogP contribution >= 0.6 is 0 Å². The van der Waals surface area contributed by atoms with Crippen LogP contribution in [0.1, 0.15) is 30.9 Å². The summed E-state index contributed by atoms with van der Waals surface area (Å²) in [5, 5.41) is 2.93. The van der Waals surface area contributed by atoms with Crippen molar-refractivity contribution in [3.63, 3.8) is 0 Å². The fraction of sp³-hybridized carbons (Fsp3) is 0.333. The van der Waals surface area contributed by atoms with Gasteiger partial charge in [0.15, 0.2) is 0 Å². The third-order valence-electron chi connectivity index (χ3n) is 4.89. The molecule has 2 aromatic rings. The molecular formula is C21H24N2O2. The molecule has 1 N–H and O–H groups in total. The zero-order valence-corrected chi connectivity index (χ0v) is 14.8. The fourth-order valence-corrected chi connectivity index (χ4v) is 3.30. The van der Waals surface area contributed by atoms with E-state index < -0.39 is 5.41 Å². The lowest BCUT2D eigenvalue weighted by Crippen LogP contribution is -2.41. The monoisotopic (exact) mass is 336 g/mol. The van der Waals surface area contributed by atoms with Gasteiger partial charge in [-0.15, -0.1) is 0 Å². The summed E-state index contributed by atoms with van der Waals surface area (Å²) in [5.74, 6) is -0.141. The molecule has 0 unspecified atom stereocenters. The molecule has 4 heteroatoms. The highest BCUT2D eigenvalue weighted by Gasteiger charge is 2.52. The van der Waals surface area contributed by atoms with E-state index in [0.717, 1.165) is 36.1 Å². The lowest BCUT2D eigenvalue weighted by Gasteiger charge is -2.23. The molecule has 0 bridgehead atoms. The predicted octanol–water partition coefficient (Wildman–Crippen LogP) is 3.38. The van der Waals surface area contributed by atoms with Gasteiger partial charge in [-0.1, -0.05) is 55.5 Å². The molecule has 1 aliphatic rings. The Morgan fingerprint density at radius 1 is 1.04 bits per heavy atom. The highest BCUT2D eigenvalue weighted by Crippen LogP contribution is 2.49. The molecule has 0 radical (unpaired) electrons. The summed E-state index contributed by atoms with van der Waals surface area (Å²) in [6.07, 6.45) is 2.54. The smallest absolute Gasteiger partial charge is 0.243 e. The standard InChI is InChI=1S/C21H24N2O2/c1-3-16-9-7-8-12-18(16)22-19(24)15-23(2)20(25)21(13-14-21)17-10-5-4-6-11-17/h4-12H,3,13-15H2,1-2H3,(H,22,24).